The smallest absolute Gasteiger partial charge is 0.258 e. The van der Waals surface area contributed by atoms with Gasteiger partial charge in [0.1, 0.15) is 17.3 Å². The van der Waals surface area contributed by atoms with Crippen molar-refractivity contribution in [2.45, 2.75) is 13.3 Å². The van der Waals surface area contributed by atoms with Gasteiger partial charge in [-0.3, -0.25) is 10.1 Å². The van der Waals surface area contributed by atoms with Crippen LogP contribution < -0.4 is 0 Å². The number of pyridine rings is 1. The number of nitrogens with zero attached hydrogens (tertiary/aromatic N) is 3. The van der Waals surface area contributed by atoms with Gasteiger partial charge in [0.15, 0.2) is 0 Å². The Morgan fingerprint density at radius 3 is 2.67 bits per heavy atom. The zero-order valence-corrected chi connectivity index (χ0v) is 7.57. The van der Waals surface area contributed by atoms with Gasteiger partial charge in [0, 0.05) is 6.20 Å². The van der Waals surface area contributed by atoms with Crippen LogP contribution in [0.15, 0.2) is 6.20 Å². The van der Waals surface area contributed by atoms with E-state index in [9.17, 15) is 18.9 Å². The van der Waals surface area contributed by atoms with Crippen molar-refractivity contribution >= 4 is 5.69 Å². The molecular formula is C8H5F2N3O2. The van der Waals surface area contributed by atoms with Crippen LogP contribution in [0, 0.1) is 28.4 Å². The second kappa shape index (κ2) is 3.96. The lowest BCUT2D eigenvalue weighted by Crippen LogP contribution is -2.02. The summed E-state index contributed by atoms with van der Waals surface area (Å²) in [5, 5.41) is 19.1. The number of rotatable bonds is 2. The molecule has 1 heterocycles. The Hall–Kier alpha value is -2.10. The molecular weight excluding hydrogens is 208 g/mol. The van der Waals surface area contributed by atoms with E-state index in [1.54, 1.807) is 6.07 Å². The van der Waals surface area contributed by atoms with E-state index in [-0.39, 0.29) is 11.3 Å². The zero-order chi connectivity index (χ0) is 11.6. The van der Waals surface area contributed by atoms with Crippen molar-refractivity contribution in [1.82, 2.24) is 4.98 Å². The van der Waals surface area contributed by atoms with Crippen molar-refractivity contribution in [3.05, 3.63) is 33.1 Å². The number of nitro groups is 1. The minimum Gasteiger partial charge on any atom is -0.258 e. The summed E-state index contributed by atoms with van der Waals surface area (Å²) in [5.74, 6) is 0. The van der Waals surface area contributed by atoms with Crippen LogP contribution in [0.3, 0.4) is 0 Å². The third-order valence-corrected chi connectivity index (χ3v) is 1.84. The maximum Gasteiger partial charge on any atom is 0.285 e. The monoisotopic (exact) mass is 213 g/mol. The van der Waals surface area contributed by atoms with E-state index in [0.29, 0.717) is 6.20 Å². The molecule has 78 valence electrons. The van der Waals surface area contributed by atoms with E-state index in [2.05, 4.69) is 4.98 Å². The summed E-state index contributed by atoms with van der Waals surface area (Å²) in [6.07, 6.45) is -2.32. The van der Waals surface area contributed by atoms with Crippen LogP contribution >= 0.6 is 0 Å². The Morgan fingerprint density at radius 1 is 1.67 bits per heavy atom. The molecule has 1 aromatic heterocycles. The lowest BCUT2D eigenvalue weighted by Gasteiger charge is -2.04. The fourth-order valence-corrected chi connectivity index (χ4v) is 1.14. The Bertz CT molecular complexity index is 454. The van der Waals surface area contributed by atoms with E-state index in [1.807, 2.05) is 0 Å². The number of halogens is 2. The van der Waals surface area contributed by atoms with Gasteiger partial charge in [0.05, 0.1) is 10.5 Å². The molecule has 0 spiro atoms. The molecule has 15 heavy (non-hydrogen) atoms. The predicted octanol–water partition coefficient (Wildman–Crippen LogP) is 2.11. The molecule has 0 amide bonds. The molecule has 0 fully saturated rings. The van der Waals surface area contributed by atoms with Gasteiger partial charge < -0.3 is 0 Å². The van der Waals surface area contributed by atoms with Crippen LogP contribution in [0.1, 0.15) is 23.2 Å². The Balaban J connectivity index is 3.53. The number of aromatic nitrogens is 1. The third kappa shape index (κ3) is 1.88. The largest absolute Gasteiger partial charge is 0.285 e. The average Bonchev–Trinajstić information content (AvgIpc) is 2.16. The lowest BCUT2D eigenvalue weighted by atomic mass is 10.1. The van der Waals surface area contributed by atoms with Gasteiger partial charge in [-0.05, 0) is 6.92 Å². The Labute approximate surface area is 83.1 Å². The van der Waals surface area contributed by atoms with Crippen molar-refractivity contribution in [2.24, 2.45) is 0 Å². The summed E-state index contributed by atoms with van der Waals surface area (Å²) in [5.41, 5.74) is -1.86. The van der Waals surface area contributed by atoms with Crippen molar-refractivity contribution in [3.63, 3.8) is 0 Å². The Morgan fingerprint density at radius 2 is 2.27 bits per heavy atom. The first kappa shape index (κ1) is 11.0. The van der Waals surface area contributed by atoms with Gasteiger partial charge in [-0.25, -0.2) is 13.8 Å². The second-order valence-corrected chi connectivity index (χ2v) is 2.71. The summed E-state index contributed by atoms with van der Waals surface area (Å²) >= 11 is 0. The minimum absolute atomic E-state index is 0.139. The molecule has 0 aromatic carbocycles. The fourth-order valence-electron chi connectivity index (χ4n) is 1.14. The number of alkyl halides is 2. The molecule has 0 aliphatic heterocycles. The lowest BCUT2D eigenvalue weighted by molar-refractivity contribution is -0.386. The normalized spacial score (nSPS) is 10.1. The SMILES string of the molecule is Cc1c(C#N)ncc(C(F)F)c1[N+](=O)[O-]. The van der Waals surface area contributed by atoms with Crippen LogP contribution in [0.2, 0.25) is 0 Å². The summed E-state index contributed by atoms with van der Waals surface area (Å²) in [6, 6.07) is 1.60. The molecule has 0 saturated heterocycles. The molecule has 0 N–H and O–H groups in total. The molecule has 0 aliphatic rings. The van der Waals surface area contributed by atoms with E-state index in [1.165, 1.54) is 6.92 Å². The highest BCUT2D eigenvalue weighted by Gasteiger charge is 2.26. The number of hydrogen-bond donors (Lipinski definition) is 0. The molecule has 0 aliphatic carbocycles. The minimum atomic E-state index is -2.98. The summed E-state index contributed by atoms with van der Waals surface area (Å²) in [4.78, 5) is 13.0. The quantitative estimate of drug-likeness (QED) is 0.556. The molecule has 0 atom stereocenters. The first-order chi connectivity index (χ1) is 6.99. The fraction of sp³-hybridized carbons (Fsp3) is 0.250. The van der Waals surface area contributed by atoms with Gasteiger partial charge in [0.25, 0.3) is 12.1 Å². The van der Waals surface area contributed by atoms with Crippen molar-refractivity contribution in [2.75, 3.05) is 0 Å². The van der Waals surface area contributed by atoms with Gasteiger partial charge >= 0.3 is 0 Å². The molecule has 0 saturated carbocycles. The Kier molecular flexibility index (Phi) is 2.90. The van der Waals surface area contributed by atoms with Crippen LogP contribution in [0.25, 0.3) is 0 Å². The van der Waals surface area contributed by atoms with Crippen molar-refractivity contribution < 1.29 is 13.7 Å². The zero-order valence-electron chi connectivity index (χ0n) is 7.57. The molecule has 5 nitrogen and oxygen atoms in total. The molecule has 1 aromatic rings. The predicted molar refractivity (Wildman–Crippen MR) is 45.3 cm³/mol. The molecule has 0 unspecified atom stereocenters. The first-order valence-electron chi connectivity index (χ1n) is 3.81. The van der Waals surface area contributed by atoms with Crippen LogP contribution in [0.5, 0.6) is 0 Å². The maximum atomic E-state index is 12.4. The van der Waals surface area contributed by atoms with Gasteiger partial charge in [-0.1, -0.05) is 0 Å². The second-order valence-electron chi connectivity index (χ2n) is 2.71. The molecule has 0 bridgehead atoms. The standard InChI is InChI=1S/C8H5F2N3O2/c1-4-6(2-11)12-3-5(8(9)10)7(4)13(14)15/h3,8H,1H3. The topological polar surface area (TPSA) is 79.8 Å². The highest BCUT2D eigenvalue weighted by atomic mass is 19.3. The van der Waals surface area contributed by atoms with Gasteiger partial charge in [-0.2, -0.15) is 5.26 Å². The van der Waals surface area contributed by atoms with Crippen LogP contribution in [-0.4, -0.2) is 9.91 Å². The van der Waals surface area contributed by atoms with Crippen LogP contribution in [-0.2, 0) is 0 Å². The van der Waals surface area contributed by atoms with Crippen molar-refractivity contribution in [1.29, 1.82) is 5.26 Å². The highest BCUT2D eigenvalue weighted by molar-refractivity contribution is 5.51. The molecule has 1 rings (SSSR count). The summed E-state index contributed by atoms with van der Waals surface area (Å²) in [7, 11) is 0. The summed E-state index contributed by atoms with van der Waals surface area (Å²) < 4.78 is 24.8. The first-order valence-corrected chi connectivity index (χ1v) is 3.81. The number of hydrogen-bond acceptors (Lipinski definition) is 4. The highest BCUT2D eigenvalue weighted by Crippen LogP contribution is 2.31. The molecule has 0 radical (unpaired) electrons. The van der Waals surface area contributed by atoms with E-state index >= 15 is 0 Å². The summed E-state index contributed by atoms with van der Waals surface area (Å²) in [6.45, 7) is 1.22. The van der Waals surface area contributed by atoms with E-state index < -0.39 is 22.6 Å². The van der Waals surface area contributed by atoms with Gasteiger partial charge in [-0.15, -0.1) is 0 Å². The van der Waals surface area contributed by atoms with Crippen LogP contribution in [0.4, 0.5) is 14.5 Å². The van der Waals surface area contributed by atoms with Crippen molar-refractivity contribution in [3.8, 4) is 6.07 Å². The van der Waals surface area contributed by atoms with E-state index in [4.69, 9.17) is 5.26 Å². The average molecular weight is 213 g/mol. The maximum absolute atomic E-state index is 12.4. The van der Waals surface area contributed by atoms with E-state index in [0.717, 1.165) is 0 Å². The van der Waals surface area contributed by atoms with Gasteiger partial charge in [0.2, 0.25) is 0 Å². The molecule has 7 heteroatoms. The number of nitriles is 1. The third-order valence-electron chi connectivity index (χ3n) is 1.84.